The van der Waals surface area contributed by atoms with Crippen LogP contribution in [-0.4, -0.2) is 24.9 Å². The second-order valence-electron chi connectivity index (χ2n) is 6.24. The van der Waals surface area contributed by atoms with Gasteiger partial charge in [-0.1, -0.05) is 39.9 Å². The highest BCUT2D eigenvalue weighted by atomic mass is 28.3. The normalized spacial score (nSPS) is 21.1. The van der Waals surface area contributed by atoms with Crippen molar-refractivity contribution in [2.24, 2.45) is 0 Å². The monoisotopic (exact) mass is 239 g/mol. The summed E-state index contributed by atoms with van der Waals surface area (Å²) in [6.07, 6.45) is 2.18. The van der Waals surface area contributed by atoms with Crippen LogP contribution in [0.25, 0.3) is 5.32 Å². The average Bonchev–Trinajstić information content (AvgIpc) is 2.13. The quantitative estimate of drug-likeness (QED) is 0.670. The van der Waals surface area contributed by atoms with E-state index in [1.807, 2.05) is 0 Å². The van der Waals surface area contributed by atoms with E-state index in [-0.39, 0.29) is 5.54 Å². The van der Waals surface area contributed by atoms with E-state index in [0.717, 1.165) is 19.4 Å². The lowest BCUT2D eigenvalue weighted by Gasteiger charge is -2.58. The molecule has 0 spiro atoms. The van der Waals surface area contributed by atoms with Gasteiger partial charge in [0.1, 0.15) is 8.24 Å². The molecule has 0 bridgehead atoms. The van der Waals surface area contributed by atoms with Crippen LogP contribution >= 0.6 is 0 Å². The molecule has 0 aliphatic carbocycles. The lowest BCUT2D eigenvalue weighted by molar-refractivity contribution is 0.264. The van der Waals surface area contributed by atoms with E-state index in [1.165, 1.54) is 11.4 Å². The Bertz CT molecular complexity index is 287. The van der Waals surface area contributed by atoms with Gasteiger partial charge in [0, 0.05) is 5.54 Å². The molecule has 0 fully saturated rings. The van der Waals surface area contributed by atoms with Crippen LogP contribution in [0, 0.1) is 0 Å². The smallest absolute Gasteiger partial charge is 0.147 e. The van der Waals surface area contributed by atoms with Crippen molar-refractivity contribution in [1.29, 1.82) is 0 Å². The van der Waals surface area contributed by atoms with Gasteiger partial charge in [0.15, 0.2) is 0 Å². The Hall–Kier alpha value is -0.443. The molecule has 0 atom stereocenters. The second-order valence-corrected chi connectivity index (χ2v) is 11.0. The van der Waals surface area contributed by atoms with Crippen molar-refractivity contribution in [3.63, 3.8) is 0 Å². The summed E-state index contributed by atoms with van der Waals surface area (Å²) in [5.41, 5.74) is 3.04. The maximum atomic E-state index is 4.78. The molecule has 0 aromatic carbocycles. The third-order valence-electron chi connectivity index (χ3n) is 3.21. The predicted octanol–water partition coefficient (Wildman–Crippen LogP) is 4.32. The Morgan fingerprint density at radius 2 is 1.75 bits per heavy atom. The van der Waals surface area contributed by atoms with Crippen LogP contribution in [0.2, 0.25) is 19.6 Å². The third-order valence-corrected chi connectivity index (χ3v) is 5.42. The zero-order valence-corrected chi connectivity index (χ0v) is 13.0. The van der Waals surface area contributed by atoms with Crippen molar-refractivity contribution in [3.05, 3.63) is 16.7 Å². The fourth-order valence-electron chi connectivity index (χ4n) is 2.94. The molecule has 0 radical (unpaired) electrons. The summed E-state index contributed by atoms with van der Waals surface area (Å²) in [6, 6.07) is 0. The SMILES string of the molecule is CCC1=C(CC)N([Si](C)(C)C)C(C)(C)C[N-]1. The van der Waals surface area contributed by atoms with E-state index in [1.54, 1.807) is 0 Å². The van der Waals surface area contributed by atoms with Crippen LogP contribution in [0.1, 0.15) is 40.5 Å². The molecule has 0 saturated carbocycles. The fourth-order valence-corrected chi connectivity index (χ4v) is 5.92. The van der Waals surface area contributed by atoms with Crippen molar-refractivity contribution >= 4 is 8.24 Å². The molecule has 1 heterocycles. The number of rotatable bonds is 3. The molecular formula is C13H27N2Si-. The molecule has 0 amide bonds. The van der Waals surface area contributed by atoms with Gasteiger partial charge >= 0.3 is 0 Å². The highest BCUT2D eigenvalue weighted by Gasteiger charge is 2.36. The van der Waals surface area contributed by atoms with Gasteiger partial charge in [-0.15, -0.1) is 12.2 Å². The first-order valence-corrected chi connectivity index (χ1v) is 9.88. The maximum Gasteiger partial charge on any atom is 0.147 e. The van der Waals surface area contributed by atoms with Crippen LogP contribution in [0.4, 0.5) is 0 Å². The van der Waals surface area contributed by atoms with Crippen LogP contribution in [-0.2, 0) is 0 Å². The highest BCUT2D eigenvalue weighted by Crippen LogP contribution is 2.38. The van der Waals surface area contributed by atoms with E-state index in [9.17, 15) is 0 Å². The van der Waals surface area contributed by atoms with Gasteiger partial charge in [-0.2, -0.15) is 0 Å². The molecular weight excluding hydrogens is 212 g/mol. The molecule has 0 N–H and O–H groups in total. The number of hydrogen-bond acceptors (Lipinski definition) is 1. The lowest BCUT2D eigenvalue weighted by Crippen LogP contribution is -2.59. The van der Waals surface area contributed by atoms with Crippen molar-refractivity contribution in [3.8, 4) is 0 Å². The fraction of sp³-hybridized carbons (Fsp3) is 0.846. The predicted molar refractivity (Wildman–Crippen MR) is 75.1 cm³/mol. The van der Waals surface area contributed by atoms with E-state index in [4.69, 9.17) is 5.32 Å². The molecule has 16 heavy (non-hydrogen) atoms. The van der Waals surface area contributed by atoms with E-state index in [0.29, 0.717) is 0 Å². The summed E-state index contributed by atoms with van der Waals surface area (Å²) in [5.74, 6) is 0. The van der Waals surface area contributed by atoms with Crippen LogP contribution in [0.15, 0.2) is 11.4 Å². The van der Waals surface area contributed by atoms with Crippen molar-refractivity contribution in [1.82, 2.24) is 4.57 Å². The third kappa shape index (κ3) is 2.45. The molecule has 2 nitrogen and oxygen atoms in total. The van der Waals surface area contributed by atoms with Gasteiger partial charge in [-0.3, -0.25) is 0 Å². The lowest BCUT2D eigenvalue weighted by atomic mass is 10.00. The zero-order chi connectivity index (χ0) is 12.6. The minimum atomic E-state index is -1.32. The van der Waals surface area contributed by atoms with Crippen molar-refractivity contribution in [2.75, 3.05) is 6.54 Å². The first-order chi connectivity index (χ1) is 7.24. The van der Waals surface area contributed by atoms with E-state index in [2.05, 4.69) is 51.9 Å². The largest absolute Gasteiger partial charge is 0.685 e. The Labute approximate surface area is 102 Å². The molecule has 0 saturated heterocycles. The standard InChI is InChI=1S/C13H27N2Si/c1-8-11-12(9-2)15(16(5,6)7)13(3,4)10-14-11/h8-10H2,1-7H3/q-1. The minimum Gasteiger partial charge on any atom is -0.685 e. The Morgan fingerprint density at radius 1 is 1.19 bits per heavy atom. The van der Waals surface area contributed by atoms with Crippen LogP contribution in [0.5, 0.6) is 0 Å². The van der Waals surface area contributed by atoms with Gasteiger partial charge in [-0.25, -0.2) is 0 Å². The molecule has 3 heteroatoms. The zero-order valence-electron chi connectivity index (χ0n) is 12.0. The molecule has 0 unspecified atom stereocenters. The van der Waals surface area contributed by atoms with Gasteiger partial charge < -0.3 is 9.88 Å². The van der Waals surface area contributed by atoms with Crippen molar-refractivity contribution < 1.29 is 0 Å². The van der Waals surface area contributed by atoms with Gasteiger partial charge in [0.25, 0.3) is 0 Å². The summed E-state index contributed by atoms with van der Waals surface area (Å²) >= 11 is 0. The van der Waals surface area contributed by atoms with Gasteiger partial charge in [0.2, 0.25) is 0 Å². The molecule has 1 rings (SSSR count). The Balaban J connectivity index is 3.22. The number of allylic oxidation sites excluding steroid dienone is 2. The minimum absolute atomic E-state index is 0.203. The summed E-state index contributed by atoms with van der Waals surface area (Å²) in [5, 5.41) is 4.78. The summed E-state index contributed by atoms with van der Waals surface area (Å²) in [4.78, 5) is 0. The Kier molecular flexibility index (Phi) is 3.78. The number of nitrogens with zero attached hydrogens (tertiary/aromatic N) is 2. The molecule has 1 aliphatic heterocycles. The molecule has 94 valence electrons. The van der Waals surface area contributed by atoms with Gasteiger partial charge in [-0.05, 0) is 26.0 Å². The second kappa shape index (κ2) is 4.44. The maximum absolute atomic E-state index is 4.78. The van der Waals surface area contributed by atoms with E-state index < -0.39 is 8.24 Å². The summed E-state index contributed by atoms with van der Waals surface area (Å²) in [6.45, 7) is 17.4. The van der Waals surface area contributed by atoms with Crippen LogP contribution < -0.4 is 0 Å². The molecule has 0 aromatic rings. The van der Waals surface area contributed by atoms with Gasteiger partial charge in [0.05, 0.1) is 0 Å². The first kappa shape index (κ1) is 13.6. The molecule has 0 aromatic heterocycles. The Morgan fingerprint density at radius 3 is 2.12 bits per heavy atom. The topological polar surface area (TPSA) is 17.3 Å². The summed E-state index contributed by atoms with van der Waals surface area (Å²) in [7, 11) is -1.32. The molecule has 1 aliphatic rings. The van der Waals surface area contributed by atoms with Crippen molar-refractivity contribution in [2.45, 2.75) is 65.7 Å². The average molecular weight is 239 g/mol. The summed E-state index contributed by atoms with van der Waals surface area (Å²) < 4.78 is 2.71. The van der Waals surface area contributed by atoms with Crippen LogP contribution in [0.3, 0.4) is 0 Å². The van der Waals surface area contributed by atoms with E-state index >= 15 is 0 Å². The first-order valence-electron chi connectivity index (χ1n) is 6.44. The highest BCUT2D eigenvalue weighted by molar-refractivity contribution is 6.73. The number of hydrogen-bond donors (Lipinski definition) is 0.